The second-order valence-corrected chi connectivity index (χ2v) is 6.88. The summed E-state index contributed by atoms with van der Waals surface area (Å²) in [5, 5.41) is 0.552. The number of hydrogen-bond donors (Lipinski definition) is 0. The highest BCUT2D eigenvalue weighted by Gasteiger charge is 2.15. The molecule has 0 radical (unpaired) electrons. The predicted molar refractivity (Wildman–Crippen MR) is 97.7 cm³/mol. The van der Waals surface area contributed by atoms with E-state index in [0.717, 1.165) is 24.4 Å². The molecule has 0 spiro atoms. The van der Waals surface area contributed by atoms with Crippen molar-refractivity contribution in [3.63, 3.8) is 0 Å². The topological polar surface area (TPSA) is 30.7 Å². The summed E-state index contributed by atoms with van der Waals surface area (Å²) in [6.07, 6.45) is 6.94. The molecule has 0 saturated carbocycles. The maximum absolute atomic E-state index is 4.70. The average molecular weight is 323 g/mol. The van der Waals surface area contributed by atoms with Gasteiger partial charge in [-0.1, -0.05) is 43.3 Å². The lowest BCUT2D eigenvalue weighted by molar-refractivity contribution is 0.714. The van der Waals surface area contributed by atoms with Crippen LogP contribution in [-0.4, -0.2) is 26.0 Å². The van der Waals surface area contributed by atoms with Crippen molar-refractivity contribution in [3.8, 4) is 11.3 Å². The maximum atomic E-state index is 4.70. The minimum Gasteiger partial charge on any atom is -0.328 e. The fourth-order valence-electron chi connectivity index (χ4n) is 2.62. The first-order valence-corrected chi connectivity index (χ1v) is 9.09. The van der Waals surface area contributed by atoms with Crippen LogP contribution >= 0.6 is 11.8 Å². The maximum Gasteiger partial charge on any atom is 0.0959 e. The third-order valence-electron chi connectivity index (χ3n) is 3.94. The van der Waals surface area contributed by atoms with Gasteiger partial charge in [-0.25, -0.2) is 4.98 Å². The fraction of sp³-hybridized carbons (Fsp3) is 0.263. The van der Waals surface area contributed by atoms with Crippen LogP contribution in [0.15, 0.2) is 61.1 Å². The highest BCUT2D eigenvalue weighted by atomic mass is 32.2. The first-order valence-electron chi connectivity index (χ1n) is 7.80. The summed E-state index contributed by atoms with van der Waals surface area (Å²) in [6, 6.07) is 16.5. The van der Waals surface area contributed by atoms with Gasteiger partial charge < -0.3 is 4.57 Å². The van der Waals surface area contributed by atoms with E-state index >= 15 is 0 Å². The molecule has 0 unspecified atom stereocenters. The highest BCUT2D eigenvalue weighted by Crippen LogP contribution is 2.25. The first kappa shape index (κ1) is 15.8. The van der Waals surface area contributed by atoms with Gasteiger partial charge in [0.05, 0.1) is 24.3 Å². The van der Waals surface area contributed by atoms with Gasteiger partial charge in [0, 0.05) is 29.1 Å². The Bertz CT molecular complexity index is 738. The monoisotopic (exact) mass is 323 g/mol. The van der Waals surface area contributed by atoms with Crippen molar-refractivity contribution in [1.29, 1.82) is 0 Å². The Kier molecular flexibility index (Phi) is 5.13. The van der Waals surface area contributed by atoms with Crippen LogP contribution in [0.25, 0.3) is 11.3 Å². The van der Waals surface area contributed by atoms with E-state index < -0.39 is 0 Å². The van der Waals surface area contributed by atoms with Gasteiger partial charge >= 0.3 is 0 Å². The van der Waals surface area contributed by atoms with E-state index in [0.29, 0.717) is 5.25 Å². The molecular formula is C19H21N3S. The van der Waals surface area contributed by atoms with E-state index in [1.165, 1.54) is 11.3 Å². The van der Waals surface area contributed by atoms with Crippen molar-refractivity contribution in [2.45, 2.75) is 25.1 Å². The van der Waals surface area contributed by atoms with Crippen LogP contribution in [0, 0.1) is 0 Å². The number of aromatic nitrogens is 3. The Morgan fingerprint density at radius 1 is 1.04 bits per heavy atom. The lowest BCUT2D eigenvalue weighted by Gasteiger charge is -2.13. The van der Waals surface area contributed by atoms with E-state index in [1.54, 1.807) is 0 Å². The Morgan fingerprint density at radius 2 is 1.83 bits per heavy atom. The van der Waals surface area contributed by atoms with E-state index in [9.17, 15) is 0 Å². The van der Waals surface area contributed by atoms with Crippen LogP contribution in [0.3, 0.4) is 0 Å². The SMILES string of the molecule is CS[C@H](C)Cc1c(-c2ccccc2)ncn1Cc1ccccn1. The standard InChI is InChI=1S/C19H21N3S/c1-15(23-2)12-18-19(16-8-4-3-5-9-16)21-14-22(18)13-17-10-6-7-11-20-17/h3-11,14-15H,12-13H2,1-2H3/t15-/m1/s1. The highest BCUT2D eigenvalue weighted by molar-refractivity contribution is 7.99. The summed E-state index contributed by atoms with van der Waals surface area (Å²) in [5.74, 6) is 0. The molecule has 1 atom stereocenters. The van der Waals surface area contributed by atoms with Crippen LogP contribution in [0.4, 0.5) is 0 Å². The molecule has 0 saturated heterocycles. The molecule has 118 valence electrons. The average Bonchev–Trinajstić information content (AvgIpc) is 2.99. The van der Waals surface area contributed by atoms with Crippen LogP contribution in [0.1, 0.15) is 18.3 Å². The second-order valence-electron chi connectivity index (χ2n) is 5.61. The molecule has 3 nitrogen and oxygen atoms in total. The Labute approximate surface area is 141 Å². The van der Waals surface area contributed by atoms with Crippen molar-refractivity contribution in [3.05, 3.63) is 72.4 Å². The van der Waals surface area contributed by atoms with E-state index in [-0.39, 0.29) is 0 Å². The van der Waals surface area contributed by atoms with Gasteiger partial charge in [-0.15, -0.1) is 0 Å². The minimum absolute atomic E-state index is 0.552. The van der Waals surface area contributed by atoms with Crippen molar-refractivity contribution in [2.24, 2.45) is 0 Å². The van der Waals surface area contributed by atoms with Crippen molar-refractivity contribution >= 4 is 11.8 Å². The van der Waals surface area contributed by atoms with Crippen LogP contribution in [0.2, 0.25) is 0 Å². The Morgan fingerprint density at radius 3 is 2.52 bits per heavy atom. The number of pyridine rings is 1. The number of thioether (sulfide) groups is 1. The fourth-order valence-corrected chi connectivity index (χ4v) is 2.94. The molecule has 0 bridgehead atoms. The minimum atomic E-state index is 0.552. The molecular weight excluding hydrogens is 302 g/mol. The summed E-state index contributed by atoms with van der Waals surface area (Å²) < 4.78 is 2.23. The number of hydrogen-bond acceptors (Lipinski definition) is 3. The van der Waals surface area contributed by atoms with Gasteiger partial charge in [0.2, 0.25) is 0 Å². The summed E-state index contributed by atoms with van der Waals surface area (Å²) >= 11 is 1.89. The van der Waals surface area contributed by atoms with Crippen molar-refractivity contribution < 1.29 is 0 Å². The molecule has 2 aromatic heterocycles. The molecule has 1 aromatic carbocycles. The van der Waals surface area contributed by atoms with Gasteiger partial charge in [-0.3, -0.25) is 4.98 Å². The van der Waals surface area contributed by atoms with Gasteiger partial charge in [0.1, 0.15) is 0 Å². The molecule has 0 aliphatic rings. The van der Waals surface area contributed by atoms with Gasteiger partial charge in [0.15, 0.2) is 0 Å². The van der Waals surface area contributed by atoms with Crippen LogP contribution < -0.4 is 0 Å². The molecule has 0 aliphatic carbocycles. The molecule has 0 aliphatic heterocycles. The zero-order chi connectivity index (χ0) is 16.1. The normalized spacial score (nSPS) is 12.3. The molecule has 3 aromatic rings. The molecule has 0 amide bonds. The van der Waals surface area contributed by atoms with Gasteiger partial charge in [0.25, 0.3) is 0 Å². The van der Waals surface area contributed by atoms with E-state index in [1.807, 2.05) is 42.5 Å². The van der Waals surface area contributed by atoms with E-state index in [4.69, 9.17) is 4.98 Å². The van der Waals surface area contributed by atoms with Crippen LogP contribution in [0.5, 0.6) is 0 Å². The number of imidazole rings is 1. The zero-order valence-corrected chi connectivity index (χ0v) is 14.3. The summed E-state index contributed by atoms with van der Waals surface area (Å²) in [7, 11) is 0. The number of benzene rings is 1. The molecule has 4 heteroatoms. The quantitative estimate of drug-likeness (QED) is 0.678. The molecule has 23 heavy (non-hydrogen) atoms. The molecule has 0 fully saturated rings. The van der Waals surface area contributed by atoms with Gasteiger partial charge in [-0.2, -0.15) is 11.8 Å². The zero-order valence-electron chi connectivity index (χ0n) is 13.5. The van der Waals surface area contributed by atoms with Crippen molar-refractivity contribution in [2.75, 3.05) is 6.26 Å². The van der Waals surface area contributed by atoms with E-state index in [2.05, 4.69) is 53.1 Å². The first-order chi connectivity index (χ1) is 11.3. The lowest BCUT2D eigenvalue weighted by atomic mass is 10.1. The van der Waals surface area contributed by atoms with Gasteiger partial charge in [-0.05, 0) is 18.4 Å². The molecule has 0 N–H and O–H groups in total. The third-order valence-corrected chi connectivity index (χ3v) is 4.91. The summed E-state index contributed by atoms with van der Waals surface area (Å²) in [5.41, 5.74) is 4.60. The Hall–Kier alpha value is -2.07. The third kappa shape index (κ3) is 3.82. The smallest absolute Gasteiger partial charge is 0.0959 e. The summed E-state index contributed by atoms with van der Waals surface area (Å²) in [6.45, 7) is 3.02. The Balaban J connectivity index is 1.97. The number of rotatable bonds is 6. The van der Waals surface area contributed by atoms with Crippen molar-refractivity contribution in [1.82, 2.24) is 14.5 Å². The molecule has 2 heterocycles. The summed E-state index contributed by atoms with van der Waals surface area (Å²) in [4.78, 5) is 9.14. The number of nitrogens with zero attached hydrogens (tertiary/aromatic N) is 3. The predicted octanol–water partition coefficient (Wildman–Crippen LogP) is 4.29. The van der Waals surface area contributed by atoms with Crippen LogP contribution in [-0.2, 0) is 13.0 Å². The largest absolute Gasteiger partial charge is 0.328 e. The second kappa shape index (κ2) is 7.47. The molecule has 3 rings (SSSR count). The lowest BCUT2D eigenvalue weighted by Crippen LogP contribution is -2.10.